The van der Waals surface area contributed by atoms with Crippen molar-refractivity contribution < 1.29 is 0 Å². The molecule has 0 spiro atoms. The molecular formula is C10H15BrN2S. The third-order valence-corrected chi connectivity index (χ3v) is 4.70. The summed E-state index contributed by atoms with van der Waals surface area (Å²) in [5.74, 6) is 6.37. The zero-order valence-electron chi connectivity index (χ0n) is 8.00. The molecule has 0 aliphatic heterocycles. The van der Waals surface area contributed by atoms with Gasteiger partial charge in [-0.15, -0.1) is 11.3 Å². The second-order valence-electron chi connectivity index (χ2n) is 3.90. The van der Waals surface area contributed by atoms with Crippen molar-refractivity contribution in [1.82, 2.24) is 5.43 Å². The Morgan fingerprint density at radius 3 is 2.86 bits per heavy atom. The fraction of sp³-hybridized carbons (Fsp3) is 0.600. The topological polar surface area (TPSA) is 38.0 Å². The average Bonchev–Trinajstić information content (AvgIpc) is 2.47. The number of nitrogens with one attached hydrogen (secondary N) is 1. The van der Waals surface area contributed by atoms with E-state index in [1.165, 1.54) is 28.6 Å². The summed E-state index contributed by atoms with van der Waals surface area (Å²) in [5, 5.41) is 2.13. The van der Waals surface area contributed by atoms with Crippen LogP contribution in [-0.2, 0) is 6.42 Å². The summed E-state index contributed by atoms with van der Waals surface area (Å²) in [7, 11) is 0. The highest BCUT2D eigenvalue weighted by atomic mass is 79.9. The average molecular weight is 275 g/mol. The molecular weight excluding hydrogens is 260 g/mol. The van der Waals surface area contributed by atoms with Gasteiger partial charge in [0.2, 0.25) is 0 Å². The van der Waals surface area contributed by atoms with Crippen LogP contribution >= 0.6 is 27.3 Å². The van der Waals surface area contributed by atoms with E-state index in [9.17, 15) is 0 Å². The first-order valence-electron chi connectivity index (χ1n) is 4.98. The molecule has 0 radical (unpaired) electrons. The molecule has 2 rings (SSSR count). The maximum atomic E-state index is 5.58. The molecule has 1 aliphatic rings. The lowest BCUT2D eigenvalue weighted by atomic mass is 9.78. The molecule has 2 nitrogen and oxygen atoms in total. The zero-order valence-corrected chi connectivity index (χ0v) is 10.4. The van der Waals surface area contributed by atoms with Crippen LogP contribution < -0.4 is 11.3 Å². The molecule has 0 saturated heterocycles. The van der Waals surface area contributed by atoms with Gasteiger partial charge in [0.15, 0.2) is 0 Å². The van der Waals surface area contributed by atoms with E-state index in [2.05, 4.69) is 32.8 Å². The van der Waals surface area contributed by atoms with Crippen LogP contribution in [0.15, 0.2) is 15.9 Å². The van der Waals surface area contributed by atoms with Gasteiger partial charge in [-0.05, 0) is 47.2 Å². The van der Waals surface area contributed by atoms with E-state index in [4.69, 9.17) is 5.84 Å². The summed E-state index contributed by atoms with van der Waals surface area (Å²) < 4.78 is 1.18. The predicted molar refractivity (Wildman–Crippen MR) is 64.2 cm³/mol. The highest BCUT2D eigenvalue weighted by Crippen LogP contribution is 2.32. The van der Waals surface area contributed by atoms with Gasteiger partial charge in [0.05, 0.1) is 0 Å². The number of halogens is 1. The first kappa shape index (κ1) is 10.6. The van der Waals surface area contributed by atoms with Crippen molar-refractivity contribution >= 4 is 27.3 Å². The molecule has 1 unspecified atom stereocenters. The molecule has 1 heterocycles. The van der Waals surface area contributed by atoms with Gasteiger partial charge in [-0.2, -0.15) is 0 Å². The Kier molecular flexibility index (Phi) is 3.60. The molecule has 4 heteroatoms. The molecule has 0 bridgehead atoms. The summed E-state index contributed by atoms with van der Waals surface area (Å²) >= 11 is 5.27. The molecule has 1 fully saturated rings. The molecule has 1 aliphatic carbocycles. The van der Waals surface area contributed by atoms with Crippen molar-refractivity contribution in [3.63, 3.8) is 0 Å². The van der Waals surface area contributed by atoms with Crippen LogP contribution in [0.1, 0.15) is 24.1 Å². The number of rotatable bonds is 4. The molecule has 0 aromatic carbocycles. The van der Waals surface area contributed by atoms with E-state index < -0.39 is 0 Å². The van der Waals surface area contributed by atoms with Crippen molar-refractivity contribution in [2.24, 2.45) is 11.8 Å². The zero-order chi connectivity index (χ0) is 9.97. The van der Waals surface area contributed by atoms with E-state index in [0.29, 0.717) is 6.04 Å². The molecule has 78 valence electrons. The minimum Gasteiger partial charge on any atom is -0.271 e. The Labute approximate surface area is 97.0 Å². The Morgan fingerprint density at radius 1 is 1.64 bits per heavy atom. The smallest absolute Gasteiger partial charge is 0.0287 e. The van der Waals surface area contributed by atoms with Crippen LogP contribution in [0.3, 0.4) is 0 Å². The SMILES string of the molecule is NNC(Cc1cc(Br)cs1)C1CCC1. The van der Waals surface area contributed by atoms with E-state index in [1.807, 2.05) is 0 Å². The van der Waals surface area contributed by atoms with Gasteiger partial charge in [-0.1, -0.05) is 6.42 Å². The third kappa shape index (κ3) is 2.37. The lowest BCUT2D eigenvalue weighted by Crippen LogP contribution is -2.44. The first-order valence-corrected chi connectivity index (χ1v) is 6.66. The van der Waals surface area contributed by atoms with Crippen LogP contribution in [0.25, 0.3) is 0 Å². The van der Waals surface area contributed by atoms with Crippen LogP contribution in [0.4, 0.5) is 0 Å². The highest BCUT2D eigenvalue weighted by molar-refractivity contribution is 9.10. The van der Waals surface area contributed by atoms with Gasteiger partial charge in [0.1, 0.15) is 0 Å². The van der Waals surface area contributed by atoms with Gasteiger partial charge in [-0.3, -0.25) is 11.3 Å². The van der Waals surface area contributed by atoms with Crippen molar-refractivity contribution in [1.29, 1.82) is 0 Å². The minimum atomic E-state index is 0.467. The van der Waals surface area contributed by atoms with Gasteiger partial charge in [0, 0.05) is 20.8 Å². The summed E-state index contributed by atoms with van der Waals surface area (Å²) in [4.78, 5) is 1.41. The van der Waals surface area contributed by atoms with E-state index in [-0.39, 0.29) is 0 Å². The first-order chi connectivity index (χ1) is 6.79. The van der Waals surface area contributed by atoms with Gasteiger partial charge < -0.3 is 0 Å². The standard InChI is InChI=1S/C10H15BrN2S/c11-8-4-9(14-6-8)5-10(13-12)7-2-1-3-7/h4,6-7,10,13H,1-3,5,12H2. The van der Waals surface area contributed by atoms with E-state index in [0.717, 1.165) is 12.3 Å². The highest BCUT2D eigenvalue weighted by Gasteiger charge is 2.26. The minimum absolute atomic E-state index is 0.467. The summed E-state index contributed by atoms with van der Waals surface area (Å²) in [6, 6.07) is 2.66. The fourth-order valence-electron chi connectivity index (χ4n) is 1.88. The van der Waals surface area contributed by atoms with E-state index >= 15 is 0 Å². The third-order valence-electron chi connectivity index (χ3n) is 2.98. The fourth-order valence-corrected chi connectivity index (χ4v) is 3.39. The monoisotopic (exact) mass is 274 g/mol. The van der Waals surface area contributed by atoms with Gasteiger partial charge in [-0.25, -0.2) is 0 Å². The largest absolute Gasteiger partial charge is 0.271 e. The Balaban J connectivity index is 1.93. The maximum absolute atomic E-state index is 5.58. The number of hydrogen-bond donors (Lipinski definition) is 2. The van der Waals surface area contributed by atoms with Gasteiger partial charge >= 0.3 is 0 Å². The van der Waals surface area contributed by atoms with Gasteiger partial charge in [0.25, 0.3) is 0 Å². The predicted octanol–water partition coefficient (Wildman–Crippen LogP) is 2.69. The maximum Gasteiger partial charge on any atom is 0.0287 e. The number of hydrogen-bond acceptors (Lipinski definition) is 3. The second kappa shape index (κ2) is 4.75. The van der Waals surface area contributed by atoms with Crippen LogP contribution in [0.2, 0.25) is 0 Å². The quantitative estimate of drug-likeness (QED) is 0.655. The molecule has 0 amide bonds. The number of hydrazine groups is 1. The summed E-state index contributed by atoms with van der Waals surface area (Å²) in [6.07, 6.45) is 5.11. The lowest BCUT2D eigenvalue weighted by Gasteiger charge is -2.33. The number of nitrogens with two attached hydrogens (primary N) is 1. The molecule has 3 N–H and O–H groups in total. The van der Waals surface area contributed by atoms with Crippen LogP contribution in [0, 0.1) is 5.92 Å². The second-order valence-corrected chi connectivity index (χ2v) is 5.81. The lowest BCUT2D eigenvalue weighted by molar-refractivity contribution is 0.229. The normalized spacial score (nSPS) is 19.3. The van der Waals surface area contributed by atoms with E-state index in [1.54, 1.807) is 11.3 Å². The van der Waals surface area contributed by atoms with Crippen molar-refractivity contribution in [3.05, 3.63) is 20.8 Å². The van der Waals surface area contributed by atoms with Crippen molar-refractivity contribution in [2.45, 2.75) is 31.7 Å². The Hall–Kier alpha value is 0.1000. The molecule has 1 aromatic rings. The summed E-state index contributed by atoms with van der Waals surface area (Å²) in [6.45, 7) is 0. The molecule has 1 atom stereocenters. The van der Waals surface area contributed by atoms with Crippen LogP contribution in [0.5, 0.6) is 0 Å². The molecule has 1 saturated carbocycles. The summed E-state index contributed by atoms with van der Waals surface area (Å²) in [5.41, 5.74) is 2.95. The molecule has 14 heavy (non-hydrogen) atoms. The Morgan fingerprint density at radius 2 is 2.43 bits per heavy atom. The van der Waals surface area contributed by atoms with Crippen molar-refractivity contribution in [3.8, 4) is 0 Å². The molecule has 1 aromatic heterocycles. The van der Waals surface area contributed by atoms with Crippen LogP contribution in [-0.4, -0.2) is 6.04 Å². The van der Waals surface area contributed by atoms with Crippen molar-refractivity contribution in [2.75, 3.05) is 0 Å². The Bertz CT molecular complexity index is 296. The number of thiophene rings is 1.